The molecule has 0 radical (unpaired) electrons. The minimum atomic E-state index is 0.184. The summed E-state index contributed by atoms with van der Waals surface area (Å²) in [5.74, 6) is 0.599. The van der Waals surface area contributed by atoms with E-state index in [1.165, 1.54) is 40.6 Å². The third kappa shape index (κ3) is 2.62. The van der Waals surface area contributed by atoms with E-state index in [9.17, 15) is 0 Å². The van der Waals surface area contributed by atoms with Crippen LogP contribution in [0.1, 0.15) is 50.1 Å². The van der Waals surface area contributed by atoms with E-state index in [1.807, 2.05) is 0 Å². The molecule has 100 valence electrons. The van der Waals surface area contributed by atoms with Crippen molar-refractivity contribution in [2.45, 2.75) is 50.2 Å². The summed E-state index contributed by atoms with van der Waals surface area (Å²) in [7, 11) is 0. The molecule has 1 aliphatic heterocycles. The molecule has 1 saturated heterocycles. The molecule has 1 aromatic heterocycles. The molecular weight excluding hydrogens is 357 g/mol. The van der Waals surface area contributed by atoms with Crippen LogP contribution in [0.4, 0.5) is 0 Å². The molecule has 2 atom stereocenters. The van der Waals surface area contributed by atoms with Crippen molar-refractivity contribution in [3.8, 4) is 0 Å². The average molecular weight is 377 g/mol. The Bertz CT molecular complexity index is 414. The van der Waals surface area contributed by atoms with Crippen molar-refractivity contribution in [2.24, 2.45) is 11.7 Å². The van der Waals surface area contributed by atoms with Gasteiger partial charge in [0.1, 0.15) is 0 Å². The van der Waals surface area contributed by atoms with Gasteiger partial charge in [0.15, 0.2) is 0 Å². The fraction of sp³-hybridized carbons (Fsp3) is 0.714. The lowest BCUT2D eigenvalue weighted by molar-refractivity contribution is -0.0963. The van der Waals surface area contributed by atoms with Gasteiger partial charge >= 0.3 is 0 Å². The van der Waals surface area contributed by atoms with Crippen molar-refractivity contribution in [1.29, 1.82) is 0 Å². The van der Waals surface area contributed by atoms with Gasteiger partial charge in [-0.15, -0.1) is 11.3 Å². The predicted molar refractivity (Wildman–Crippen MR) is 83.8 cm³/mol. The normalized spacial score (nSPS) is 28.7. The van der Waals surface area contributed by atoms with Gasteiger partial charge in [0, 0.05) is 12.6 Å². The van der Waals surface area contributed by atoms with E-state index in [1.54, 1.807) is 11.3 Å². The highest BCUT2D eigenvalue weighted by molar-refractivity contribution is 14.1. The number of hydrogen-bond acceptors (Lipinski definition) is 3. The molecule has 2 fully saturated rings. The zero-order valence-corrected chi connectivity index (χ0v) is 13.5. The molecule has 0 bridgehead atoms. The maximum absolute atomic E-state index is 6.48. The van der Waals surface area contributed by atoms with Gasteiger partial charge in [-0.1, -0.05) is 12.8 Å². The van der Waals surface area contributed by atoms with Gasteiger partial charge in [-0.2, -0.15) is 0 Å². The highest BCUT2D eigenvalue weighted by Gasteiger charge is 2.41. The third-order valence-corrected chi connectivity index (χ3v) is 6.33. The lowest BCUT2D eigenvalue weighted by Crippen LogP contribution is -2.40. The molecule has 2 aliphatic rings. The number of thiophene rings is 1. The molecule has 1 aromatic rings. The maximum Gasteiger partial charge on any atom is 0.0685 e. The van der Waals surface area contributed by atoms with Gasteiger partial charge in [-0.05, 0) is 71.2 Å². The van der Waals surface area contributed by atoms with Gasteiger partial charge in [-0.3, -0.25) is 0 Å². The van der Waals surface area contributed by atoms with Gasteiger partial charge in [-0.25, -0.2) is 0 Å². The Labute approximate surface area is 126 Å². The molecule has 0 aromatic carbocycles. The van der Waals surface area contributed by atoms with E-state index in [-0.39, 0.29) is 11.6 Å². The van der Waals surface area contributed by atoms with E-state index in [2.05, 4.69) is 34.0 Å². The van der Waals surface area contributed by atoms with E-state index in [0.29, 0.717) is 5.92 Å². The average Bonchev–Trinajstić information content (AvgIpc) is 2.98. The lowest BCUT2D eigenvalue weighted by Gasteiger charge is -2.40. The Kier molecular flexibility index (Phi) is 3.99. The van der Waals surface area contributed by atoms with Gasteiger partial charge in [0.2, 0.25) is 0 Å². The summed E-state index contributed by atoms with van der Waals surface area (Å²) < 4.78 is 7.43. The van der Waals surface area contributed by atoms with Crippen LogP contribution in [0.5, 0.6) is 0 Å². The Hall–Kier alpha value is 0.350. The van der Waals surface area contributed by atoms with Crippen molar-refractivity contribution in [1.82, 2.24) is 0 Å². The van der Waals surface area contributed by atoms with Crippen LogP contribution in [0.15, 0.2) is 11.4 Å². The van der Waals surface area contributed by atoms with E-state index in [0.717, 1.165) is 13.0 Å². The summed E-state index contributed by atoms with van der Waals surface area (Å²) in [5, 5.41) is 2.23. The molecule has 2 heterocycles. The first-order valence-corrected chi connectivity index (χ1v) is 8.78. The maximum atomic E-state index is 6.48. The second-order valence-electron chi connectivity index (χ2n) is 5.70. The van der Waals surface area contributed by atoms with Crippen molar-refractivity contribution < 1.29 is 4.74 Å². The number of hydrogen-bond donors (Lipinski definition) is 1. The molecular formula is C14H20INOS. The van der Waals surface area contributed by atoms with Crippen LogP contribution in [-0.2, 0) is 4.74 Å². The summed E-state index contributed by atoms with van der Waals surface area (Å²) in [6.07, 6.45) is 7.45. The molecule has 2 nitrogen and oxygen atoms in total. The van der Waals surface area contributed by atoms with Crippen molar-refractivity contribution in [2.75, 3.05) is 6.61 Å². The second-order valence-corrected chi connectivity index (χ2v) is 8.51. The highest BCUT2D eigenvalue weighted by atomic mass is 127. The molecule has 18 heavy (non-hydrogen) atoms. The smallest absolute Gasteiger partial charge is 0.0685 e. The third-order valence-electron chi connectivity index (χ3n) is 4.53. The number of rotatable bonds is 2. The van der Waals surface area contributed by atoms with Crippen molar-refractivity contribution in [3.05, 3.63) is 19.9 Å². The fourth-order valence-electron chi connectivity index (χ4n) is 3.51. The SMILES string of the molecule is NC(c1csc(I)c1)C1CCOC2(CCCC2)C1. The summed E-state index contributed by atoms with van der Waals surface area (Å²) >= 11 is 4.17. The minimum Gasteiger partial charge on any atom is -0.375 e. The van der Waals surface area contributed by atoms with Gasteiger partial charge < -0.3 is 10.5 Å². The Balaban J connectivity index is 1.72. The Morgan fingerprint density at radius 2 is 2.22 bits per heavy atom. The molecule has 3 rings (SSSR count). The van der Waals surface area contributed by atoms with Crippen LogP contribution in [-0.4, -0.2) is 12.2 Å². The van der Waals surface area contributed by atoms with Crippen LogP contribution in [0.3, 0.4) is 0 Å². The van der Waals surface area contributed by atoms with Crippen LogP contribution in [0.25, 0.3) is 0 Å². The Morgan fingerprint density at radius 1 is 1.44 bits per heavy atom. The molecule has 2 unspecified atom stereocenters. The Morgan fingerprint density at radius 3 is 2.89 bits per heavy atom. The summed E-state index contributed by atoms with van der Waals surface area (Å²) in [6.45, 7) is 0.902. The van der Waals surface area contributed by atoms with E-state index >= 15 is 0 Å². The molecule has 1 saturated carbocycles. The summed E-state index contributed by atoms with van der Waals surface area (Å²) in [6, 6.07) is 2.44. The first kappa shape index (κ1) is 13.3. The molecule has 0 amide bonds. The van der Waals surface area contributed by atoms with E-state index in [4.69, 9.17) is 10.5 Å². The van der Waals surface area contributed by atoms with Gasteiger partial charge in [0.05, 0.1) is 8.48 Å². The van der Waals surface area contributed by atoms with Crippen LogP contribution >= 0.6 is 33.9 Å². The fourth-order valence-corrected chi connectivity index (χ4v) is 4.93. The quantitative estimate of drug-likeness (QED) is 0.788. The van der Waals surface area contributed by atoms with Crippen molar-refractivity contribution in [3.63, 3.8) is 0 Å². The number of halogens is 1. The van der Waals surface area contributed by atoms with Crippen LogP contribution in [0.2, 0.25) is 0 Å². The molecule has 1 spiro atoms. The van der Waals surface area contributed by atoms with Crippen LogP contribution < -0.4 is 5.73 Å². The second kappa shape index (κ2) is 5.38. The molecule has 1 aliphatic carbocycles. The first-order chi connectivity index (χ1) is 8.69. The zero-order valence-electron chi connectivity index (χ0n) is 10.5. The topological polar surface area (TPSA) is 35.2 Å². The number of nitrogens with two attached hydrogens (primary N) is 1. The van der Waals surface area contributed by atoms with E-state index < -0.39 is 0 Å². The molecule has 4 heteroatoms. The largest absolute Gasteiger partial charge is 0.375 e. The number of ether oxygens (including phenoxy) is 1. The first-order valence-electron chi connectivity index (χ1n) is 6.82. The summed E-state index contributed by atoms with van der Waals surface area (Å²) in [4.78, 5) is 0. The standard InChI is InChI=1S/C14H20INOS/c15-12-7-11(9-18-12)13(16)10-3-6-17-14(8-10)4-1-2-5-14/h7,9-10,13H,1-6,8,16H2. The highest BCUT2D eigenvalue weighted by Crippen LogP contribution is 2.45. The lowest BCUT2D eigenvalue weighted by atomic mass is 9.79. The minimum absolute atomic E-state index is 0.184. The zero-order chi connectivity index (χ0) is 12.6. The van der Waals surface area contributed by atoms with Crippen LogP contribution in [0, 0.1) is 8.80 Å². The summed E-state index contributed by atoms with van der Waals surface area (Å²) in [5.41, 5.74) is 7.99. The predicted octanol–water partition coefficient (Wildman–Crippen LogP) is 4.09. The van der Waals surface area contributed by atoms with Crippen molar-refractivity contribution >= 4 is 33.9 Å². The monoisotopic (exact) mass is 377 g/mol. The van der Waals surface area contributed by atoms with Gasteiger partial charge in [0.25, 0.3) is 0 Å². The molecule has 2 N–H and O–H groups in total.